The van der Waals surface area contributed by atoms with E-state index in [2.05, 4.69) is 5.32 Å². The van der Waals surface area contributed by atoms with E-state index in [9.17, 15) is 9.59 Å². The quantitative estimate of drug-likeness (QED) is 0.434. The Balaban J connectivity index is 1.35. The zero-order chi connectivity index (χ0) is 20.8. The molecule has 0 radical (unpaired) electrons. The van der Waals surface area contributed by atoms with Crippen molar-refractivity contribution in [3.05, 3.63) is 72.3 Å². The first-order valence-corrected chi connectivity index (χ1v) is 11.0. The Morgan fingerprint density at radius 2 is 1.83 bits per heavy atom. The molecule has 6 heteroatoms. The van der Waals surface area contributed by atoms with Crippen LogP contribution >= 0.6 is 11.8 Å². The van der Waals surface area contributed by atoms with Gasteiger partial charge in [-0.05, 0) is 36.4 Å². The highest BCUT2D eigenvalue weighted by Gasteiger charge is 2.19. The zero-order valence-corrected chi connectivity index (χ0v) is 17.3. The van der Waals surface area contributed by atoms with Gasteiger partial charge in [0.15, 0.2) is 6.61 Å². The molecule has 0 spiro atoms. The molecule has 1 aliphatic heterocycles. The van der Waals surface area contributed by atoms with Gasteiger partial charge in [0.1, 0.15) is 0 Å². The lowest BCUT2D eigenvalue weighted by Crippen LogP contribution is -2.21. The van der Waals surface area contributed by atoms with Crippen LogP contribution in [-0.4, -0.2) is 36.9 Å². The van der Waals surface area contributed by atoms with Crippen LogP contribution in [0.5, 0.6) is 0 Å². The third kappa shape index (κ3) is 5.01. The smallest absolute Gasteiger partial charge is 0.339 e. The Kier molecular flexibility index (Phi) is 6.67. The number of esters is 1. The summed E-state index contributed by atoms with van der Waals surface area (Å²) in [5.74, 6) is -0.0750. The van der Waals surface area contributed by atoms with Crippen molar-refractivity contribution in [1.82, 2.24) is 0 Å². The molecule has 1 amide bonds. The van der Waals surface area contributed by atoms with Crippen molar-refractivity contribution in [2.45, 2.75) is 23.8 Å². The maximum Gasteiger partial charge on any atom is 0.339 e. The first-order chi connectivity index (χ1) is 14.7. The highest BCUT2D eigenvalue weighted by molar-refractivity contribution is 7.99. The van der Waals surface area contributed by atoms with Crippen LogP contribution in [-0.2, 0) is 14.3 Å². The van der Waals surface area contributed by atoms with E-state index in [1.807, 2.05) is 54.6 Å². The minimum Gasteiger partial charge on any atom is -0.452 e. The van der Waals surface area contributed by atoms with E-state index in [0.717, 1.165) is 40.9 Å². The normalized spacial score (nSPS) is 15.8. The number of ether oxygens (including phenoxy) is 2. The molecule has 1 atom stereocenters. The second-order valence-electron chi connectivity index (χ2n) is 7.09. The van der Waals surface area contributed by atoms with Crippen molar-refractivity contribution >= 4 is 40.1 Å². The topological polar surface area (TPSA) is 64.6 Å². The summed E-state index contributed by atoms with van der Waals surface area (Å²) in [6.07, 6.45) is 2.36. The summed E-state index contributed by atoms with van der Waals surface area (Å²) in [6.45, 7) is 0.466. The number of carbonyl (C=O) groups is 2. The number of hydrogen-bond donors (Lipinski definition) is 1. The molecule has 1 saturated heterocycles. The van der Waals surface area contributed by atoms with Crippen LogP contribution in [0.1, 0.15) is 23.2 Å². The lowest BCUT2D eigenvalue weighted by Gasteiger charge is -2.12. The van der Waals surface area contributed by atoms with Crippen molar-refractivity contribution < 1.29 is 19.1 Å². The number of anilines is 1. The van der Waals surface area contributed by atoms with E-state index >= 15 is 0 Å². The van der Waals surface area contributed by atoms with Gasteiger partial charge in [-0.3, -0.25) is 4.79 Å². The second kappa shape index (κ2) is 9.78. The Hall–Kier alpha value is -2.83. The molecule has 1 heterocycles. The largest absolute Gasteiger partial charge is 0.452 e. The average Bonchev–Trinajstić information content (AvgIpc) is 3.30. The molecule has 0 saturated carbocycles. The highest BCUT2D eigenvalue weighted by Crippen LogP contribution is 2.27. The van der Waals surface area contributed by atoms with E-state index in [4.69, 9.17) is 9.47 Å². The van der Waals surface area contributed by atoms with Crippen molar-refractivity contribution in [3.8, 4) is 0 Å². The molecule has 5 nitrogen and oxygen atoms in total. The Morgan fingerprint density at radius 1 is 1.03 bits per heavy atom. The lowest BCUT2D eigenvalue weighted by atomic mass is 10.1. The van der Waals surface area contributed by atoms with Gasteiger partial charge >= 0.3 is 5.97 Å². The van der Waals surface area contributed by atoms with Crippen LogP contribution in [0.15, 0.2) is 71.6 Å². The molecule has 1 N–H and O–H groups in total. The van der Waals surface area contributed by atoms with Crippen molar-refractivity contribution in [2.75, 3.05) is 24.3 Å². The first kappa shape index (κ1) is 20.4. The van der Waals surface area contributed by atoms with Gasteiger partial charge in [-0.2, -0.15) is 0 Å². The van der Waals surface area contributed by atoms with E-state index in [-0.39, 0.29) is 18.6 Å². The number of rotatable bonds is 7. The first-order valence-electron chi connectivity index (χ1n) is 9.99. The molecule has 0 aromatic heterocycles. The van der Waals surface area contributed by atoms with Crippen LogP contribution in [0.2, 0.25) is 0 Å². The fourth-order valence-electron chi connectivity index (χ4n) is 3.45. The van der Waals surface area contributed by atoms with Gasteiger partial charge in [0.05, 0.1) is 11.7 Å². The SMILES string of the molecule is O=C(COC(=O)c1ccccc1SC[C@@H]1CCCO1)Nc1cccc2ccccc12. The summed E-state index contributed by atoms with van der Waals surface area (Å²) in [4.78, 5) is 25.8. The van der Waals surface area contributed by atoms with Crippen LogP contribution in [0.4, 0.5) is 5.69 Å². The molecule has 1 fully saturated rings. The van der Waals surface area contributed by atoms with Crippen LogP contribution in [0, 0.1) is 0 Å². The maximum atomic E-state index is 12.6. The molecular weight excluding hydrogens is 398 g/mol. The molecular formula is C24H23NO4S. The Morgan fingerprint density at radius 3 is 2.70 bits per heavy atom. The van der Waals surface area contributed by atoms with Gasteiger partial charge in [0.25, 0.3) is 5.91 Å². The molecule has 0 aliphatic carbocycles. The summed E-state index contributed by atoms with van der Waals surface area (Å²) in [5, 5.41) is 4.80. The lowest BCUT2D eigenvalue weighted by molar-refractivity contribution is -0.119. The van der Waals surface area contributed by atoms with Crippen molar-refractivity contribution in [3.63, 3.8) is 0 Å². The van der Waals surface area contributed by atoms with Gasteiger partial charge < -0.3 is 14.8 Å². The fraction of sp³-hybridized carbons (Fsp3) is 0.250. The molecule has 154 valence electrons. The van der Waals surface area contributed by atoms with Crippen LogP contribution < -0.4 is 5.32 Å². The standard InChI is InChI=1S/C24H23NO4S/c26-23(25-21-12-5-8-17-7-1-2-10-19(17)21)15-29-24(27)20-11-3-4-13-22(20)30-16-18-9-6-14-28-18/h1-5,7-8,10-13,18H,6,9,14-16H2,(H,25,26)/t18-/m0/s1. The minimum absolute atomic E-state index is 0.227. The number of thioether (sulfide) groups is 1. The van der Waals surface area contributed by atoms with Crippen molar-refractivity contribution in [2.24, 2.45) is 0 Å². The molecule has 0 bridgehead atoms. The maximum absolute atomic E-state index is 12.6. The van der Waals surface area contributed by atoms with Gasteiger partial charge in [0, 0.05) is 28.3 Å². The highest BCUT2D eigenvalue weighted by atomic mass is 32.2. The van der Waals surface area contributed by atoms with Crippen molar-refractivity contribution in [1.29, 1.82) is 0 Å². The van der Waals surface area contributed by atoms with E-state index in [0.29, 0.717) is 11.3 Å². The van der Waals surface area contributed by atoms with Gasteiger partial charge in [0.2, 0.25) is 0 Å². The number of amides is 1. The molecule has 0 unspecified atom stereocenters. The van der Waals surface area contributed by atoms with E-state index in [1.54, 1.807) is 23.9 Å². The summed E-state index contributed by atoms with van der Waals surface area (Å²) >= 11 is 1.58. The molecule has 4 rings (SSSR count). The summed E-state index contributed by atoms with van der Waals surface area (Å²) < 4.78 is 10.9. The predicted molar refractivity (Wildman–Crippen MR) is 119 cm³/mol. The second-order valence-corrected chi connectivity index (χ2v) is 8.16. The minimum atomic E-state index is -0.501. The molecule has 3 aromatic carbocycles. The third-order valence-electron chi connectivity index (χ3n) is 4.95. The number of benzene rings is 3. The number of hydrogen-bond acceptors (Lipinski definition) is 5. The molecule has 3 aromatic rings. The van der Waals surface area contributed by atoms with E-state index < -0.39 is 5.97 Å². The van der Waals surface area contributed by atoms with Gasteiger partial charge in [-0.15, -0.1) is 11.8 Å². The molecule has 1 aliphatic rings. The fourth-order valence-corrected chi connectivity index (χ4v) is 4.56. The van der Waals surface area contributed by atoms with Crippen LogP contribution in [0.3, 0.4) is 0 Å². The van der Waals surface area contributed by atoms with Gasteiger partial charge in [-0.1, -0.05) is 48.5 Å². The zero-order valence-electron chi connectivity index (χ0n) is 16.5. The summed E-state index contributed by atoms with van der Waals surface area (Å²) in [7, 11) is 0. The Labute approximate surface area is 179 Å². The predicted octanol–water partition coefficient (Wildman–Crippen LogP) is 4.91. The number of carbonyl (C=O) groups excluding carboxylic acids is 2. The average molecular weight is 422 g/mol. The molecule has 30 heavy (non-hydrogen) atoms. The summed E-state index contributed by atoms with van der Waals surface area (Å²) in [5.41, 5.74) is 1.17. The van der Waals surface area contributed by atoms with E-state index in [1.165, 1.54) is 0 Å². The van der Waals surface area contributed by atoms with Gasteiger partial charge in [-0.25, -0.2) is 4.79 Å². The monoisotopic (exact) mass is 421 g/mol. The van der Waals surface area contributed by atoms with Crippen LogP contribution in [0.25, 0.3) is 10.8 Å². The summed E-state index contributed by atoms with van der Waals surface area (Å²) in [6, 6.07) is 20.8. The Bertz CT molecular complexity index is 1040. The third-order valence-corrected chi connectivity index (χ3v) is 6.16. The number of fused-ring (bicyclic) bond motifs is 1. The number of nitrogens with one attached hydrogen (secondary N) is 1.